The number of carbonyl (C=O) groups is 3. The Labute approximate surface area is 155 Å². The lowest BCUT2D eigenvalue weighted by atomic mass is 10.0. The molecule has 0 fully saturated rings. The summed E-state index contributed by atoms with van der Waals surface area (Å²) >= 11 is 0. The first-order valence-corrected chi connectivity index (χ1v) is 8.89. The highest BCUT2D eigenvalue weighted by atomic mass is 16.5. The van der Waals surface area contributed by atoms with Crippen LogP contribution in [0.2, 0.25) is 0 Å². The van der Waals surface area contributed by atoms with Crippen LogP contribution in [0, 0.1) is 5.92 Å². The molecule has 6 heteroatoms. The van der Waals surface area contributed by atoms with E-state index in [1.165, 1.54) is 7.11 Å². The average molecular weight is 363 g/mol. The van der Waals surface area contributed by atoms with E-state index >= 15 is 0 Å². The fourth-order valence-corrected chi connectivity index (χ4v) is 2.57. The number of hydrogen-bond acceptors (Lipinski definition) is 5. The molecule has 1 aromatic carbocycles. The molecule has 0 atom stereocenters. The van der Waals surface area contributed by atoms with E-state index in [2.05, 4.69) is 4.74 Å². The zero-order valence-electron chi connectivity index (χ0n) is 16.1. The van der Waals surface area contributed by atoms with Crippen molar-refractivity contribution in [2.24, 2.45) is 5.92 Å². The van der Waals surface area contributed by atoms with Crippen molar-refractivity contribution in [1.29, 1.82) is 0 Å². The van der Waals surface area contributed by atoms with Crippen LogP contribution in [0.5, 0.6) is 5.75 Å². The number of benzene rings is 1. The maximum atomic E-state index is 12.4. The Hall–Kier alpha value is -2.37. The van der Waals surface area contributed by atoms with E-state index in [-0.39, 0.29) is 30.5 Å². The highest BCUT2D eigenvalue weighted by Gasteiger charge is 2.17. The normalized spacial score (nSPS) is 10.5. The second-order valence-electron chi connectivity index (χ2n) is 6.56. The second-order valence-corrected chi connectivity index (χ2v) is 6.56. The lowest BCUT2D eigenvalue weighted by Gasteiger charge is -2.24. The van der Waals surface area contributed by atoms with Crippen LogP contribution in [-0.4, -0.2) is 49.9 Å². The van der Waals surface area contributed by atoms with Gasteiger partial charge in [0.2, 0.25) is 5.91 Å². The Morgan fingerprint density at radius 1 is 1.00 bits per heavy atom. The first kappa shape index (κ1) is 21.7. The molecule has 1 rings (SSSR count). The third kappa shape index (κ3) is 7.68. The predicted molar refractivity (Wildman–Crippen MR) is 99.2 cm³/mol. The Bertz CT molecular complexity index is 595. The van der Waals surface area contributed by atoms with Crippen molar-refractivity contribution in [2.45, 2.75) is 39.5 Å². The van der Waals surface area contributed by atoms with Crippen LogP contribution in [0.4, 0.5) is 0 Å². The van der Waals surface area contributed by atoms with Gasteiger partial charge in [0.05, 0.1) is 20.6 Å². The Kier molecular flexibility index (Phi) is 9.41. The van der Waals surface area contributed by atoms with E-state index in [0.29, 0.717) is 43.2 Å². The molecule has 0 aliphatic rings. The number of nitrogens with zero attached hydrogens (tertiary/aromatic N) is 1. The lowest BCUT2D eigenvalue weighted by Crippen LogP contribution is -2.36. The molecule has 26 heavy (non-hydrogen) atoms. The molecule has 1 aromatic rings. The van der Waals surface area contributed by atoms with Crippen molar-refractivity contribution >= 4 is 17.7 Å². The quantitative estimate of drug-likeness (QED) is 0.446. The van der Waals surface area contributed by atoms with Crippen molar-refractivity contribution in [3.05, 3.63) is 29.8 Å². The first-order chi connectivity index (χ1) is 12.4. The smallest absolute Gasteiger partial charge is 0.307 e. The van der Waals surface area contributed by atoms with E-state index < -0.39 is 0 Å². The molecule has 6 nitrogen and oxygen atoms in total. The van der Waals surface area contributed by atoms with Gasteiger partial charge in [0, 0.05) is 31.5 Å². The van der Waals surface area contributed by atoms with Gasteiger partial charge in [-0.3, -0.25) is 14.4 Å². The molecule has 0 heterocycles. The van der Waals surface area contributed by atoms with E-state index in [4.69, 9.17) is 4.74 Å². The maximum Gasteiger partial charge on any atom is 0.307 e. The van der Waals surface area contributed by atoms with Crippen molar-refractivity contribution < 1.29 is 23.9 Å². The summed E-state index contributed by atoms with van der Waals surface area (Å²) in [6, 6.07) is 6.94. The molecule has 0 unspecified atom stereocenters. The Morgan fingerprint density at radius 3 is 2.19 bits per heavy atom. The van der Waals surface area contributed by atoms with Crippen molar-refractivity contribution in [2.75, 3.05) is 27.3 Å². The molecule has 0 spiro atoms. The standard InChI is InChI=1S/C20H29NO5/c1-15(2)14-21(13-12-20(24)26-4)19(23)7-5-6-18(22)16-8-10-17(25-3)11-9-16/h8-11,15H,5-7,12-14H2,1-4H3. The highest BCUT2D eigenvalue weighted by molar-refractivity contribution is 5.96. The summed E-state index contributed by atoms with van der Waals surface area (Å²) in [5.74, 6) is 0.640. The van der Waals surface area contributed by atoms with E-state index in [1.807, 2.05) is 13.8 Å². The van der Waals surface area contributed by atoms with Gasteiger partial charge in [-0.1, -0.05) is 13.8 Å². The first-order valence-electron chi connectivity index (χ1n) is 8.89. The van der Waals surface area contributed by atoms with Crippen LogP contribution in [0.15, 0.2) is 24.3 Å². The minimum absolute atomic E-state index is 0.00502. The molecular weight excluding hydrogens is 334 g/mol. The molecule has 0 aliphatic heterocycles. The van der Waals surface area contributed by atoms with Crippen LogP contribution in [0.25, 0.3) is 0 Å². The third-order valence-corrected chi connectivity index (χ3v) is 3.96. The predicted octanol–water partition coefficient (Wildman–Crippen LogP) is 3.10. The van der Waals surface area contributed by atoms with Crippen LogP contribution in [-0.2, 0) is 14.3 Å². The number of rotatable bonds is 11. The SMILES string of the molecule is COC(=O)CCN(CC(C)C)C(=O)CCCC(=O)c1ccc(OC)cc1. The Balaban J connectivity index is 2.49. The molecule has 0 aliphatic carbocycles. The van der Waals surface area contributed by atoms with Gasteiger partial charge in [0.1, 0.15) is 5.75 Å². The van der Waals surface area contributed by atoms with Gasteiger partial charge >= 0.3 is 5.97 Å². The molecule has 0 saturated heterocycles. The maximum absolute atomic E-state index is 12.4. The van der Waals surface area contributed by atoms with Crippen LogP contribution >= 0.6 is 0 Å². The molecule has 144 valence electrons. The number of ether oxygens (including phenoxy) is 2. The van der Waals surface area contributed by atoms with Gasteiger partial charge in [-0.2, -0.15) is 0 Å². The molecule has 0 aromatic heterocycles. The summed E-state index contributed by atoms with van der Waals surface area (Å²) in [6.07, 6.45) is 1.26. The number of amides is 1. The van der Waals surface area contributed by atoms with Gasteiger partial charge in [-0.25, -0.2) is 0 Å². The van der Waals surface area contributed by atoms with Gasteiger partial charge in [0.25, 0.3) is 0 Å². The lowest BCUT2D eigenvalue weighted by molar-refractivity contribution is -0.141. The second kappa shape index (κ2) is 11.3. The molecule has 0 saturated carbocycles. The van der Waals surface area contributed by atoms with Gasteiger partial charge in [0.15, 0.2) is 5.78 Å². The molecule has 1 amide bonds. The number of ketones is 1. The van der Waals surface area contributed by atoms with Crippen LogP contribution in [0.1, 0.15) is 49.9 Å². The highest BCUT2D eigenvalue weighted by Crippen LogP contribution is 2.14. The van der Waals surface area contributed by atoms with Crippen LogP contribution in [0.3, 0.4) is 0 Å². The zero-order valence-corrected chi connectivity index (χ0v) is 16.1. The number of hydrogen-bond donors (Lipinski definition) is 0. The van der Waals surface area contributed by atoms with Crippen molar-refractivity contribution in [3.63, 3.8) is 0 Å². The minimum Gasteiger partial charge on any atom is -0.497 e. The van der Waals surface area contributed by atoms with Crippen molar-refractivity contribution in [1.82, 2.24) is 4.90 Å². The minimum atomic E-state index is -0.332. The molecule has 0 N–H and O–H groups in total. The summed E-state index contributed by atoms with van der Waals surface area (Å²) < 4.78 is 9.71. The van der Waals surface area contributed by atoms with E-state index in [1.54, 1.807) is 36.3 Å². The average Bonchev–Trinajstić information content (AvgIpc) is 2.64. The van der Waals surface area contributed by atoms with Crippen molar-refractivity contribution in [3.8, 4) is 5.75 Å². The Morgan fingerprint density at radius 2 is 1.65 bits per heavy atom. The summed E-state index contributed by atoms with van der Waals surface area (Å²) in [4.78, 5) is 37.6. The summed E-state index contributed by atoms with van der Waals surface area (Å²) in [5.41, 5.74) is 0.614. The fraction of sp³-hybridized carbons (Fsp3) is 0.550. The summed E-state index contributed by atoms with van der Waals surface area (Å²) in [6.45, 7) is 4.97. The zero-order chi connectivity index (χ0) is 19.5. The third-order valence-electron chi connectivity index (χ3n) is 3.96. The van der Waals surface area contributed by atoms with Gasteiger partial charge < -0.3 is 14.4 Å². The van der Waals surface area contributed by atoms with Gasteiger partial charge in [-0.15, -0.1) is 0 Å². The number of esters is 1. The monoisotopic (exact) mass is 363 g/mol. The summed E-state index contributed by atoms with van der Waals surface area (Å²) in [7, 11) is 2.91. The number of methoxy groups -OCH3 is 2. The molecular formula is C20H29NO5. The summed E-state index contributed by atoms with van der Waals surface area (Å²) in [5, 5.41) is 0. The topological polar surface area (TPSA) is 72.9 Å². The molecule has 0 radical (unpaired) electrons. The fourth-order valence-electron chi connectivity index (χ4n) is 2.57. The van der Waals surface area contributed by atoms with Gasteiger partial charge in [-0.05, 0) is 36.6 Å². The number of carbonyl (C=O) groups excluding carboxylic acids is 3. The van der Waals surface area contributed by atoms with Crippen LogP contribution < -0.4 is 4.74 Å². The number of Topliss-reactive ketones (excluding diaryl/α,β-unsaturated/α-hetero) is 1. The van der Waals surface area contributed by atoms with E-state index in [0.717, 1.165) is 0 Å². The van der Waals surface area contributed by atoms with E-state index in [9.17, 15) is 14.4 Å². The largest absolute Gasteiger partial charge is 0.497 e. The molecule has 0 bridgehead atoms.